The van der Waals surface area contributed by atoms with E-state index in [0.717, 1.165) is 42.4 Å². The van der Waals surface area contributed by atoms with Gasteiger partial charge in [-0.05, 0) is 44.5 Å². The van der Waals surface area contributed by atoms with E-state index in [2.05, 4.69) is 4.90 Å². The lowest BCUT2D eigenvalue weighted by molar-refractivity contribution is 0.198. The van der Waals surface area contributed by atoms with Gasteiger partial charge in [-0.15, -0.1) is 12.4 Å². The van der Waals surface area contributed by atoms with Gasteiger partial charge in [0.05, 0.1) is 6.61 Å². The van der Waals surface area contributed by atoms with Gasteiger partial charge in [0, 0.05) is 29.7 Å². The molecule has 2 rings (SSSR count). The Morgan fingerprint density at radius 1 is 1.47 bits per heavy atom. The fourth-order valence-electron chi connectivity index (χ4n) is 2.44. The van der Waals surface area contributed by atoms with Gasteiger partial charge >= 0.3 is 0 Å². The number of nitrogens with two attached hydrogens (primary N) is 1. The molecule has 1 aliphatic rings. The summed E-state index contributed by atoms with van der Waals surface area (Å²) in [5.74, 6) is 0.932. The van der Waals surface area contributed by atoms with E-state index in [-0.39, 0.29) is 12.4 Å². The first kappa shape index (κ1) is 16.6. The van der Waals surface area contributed by atoms with Crippen molar-refractivity contribution in [1.29, 1.82) is 0 Å². The molecule has 1 fully saturated rings. The topological polar surface area (TPSA) is 38.5 Å². The van der Waals surface area contributed by atoms with Crippen LogP contribution in [-0.2, 0) is 6.54 Å². The molecule has 0 saturated carbocycles. The van der Waals surface area contributed by atoms with Crippen molar-refractivity contribution in [2.75, 3.05) is 19.7 Å². The zero-order chi connectivity index (χ0) is 13.0. The zero-order valence-corrected chi connectivity index (χ0v) is 12.8. The molecular weight excluding hydrogens is 283 g/mol. The molecule has 1 saturated heterocycles. The number of nitrogens with zero attached hydrogens (tertiary/aromatic N) is 1. The molecule has 108 valence electrons. The van der Waals surface area contributed by atoms with Gasteiger partial charge in [0.2, 0.25) is 0 Å². The van der Waals surface area contributed by atoms with Crippen LogP contribution < -0.4 is 10.5 Å². The molecule has 19 heavy (non-hydrogen) atoms. The van der Waals surface area contributed by atoms with E-state index < -0.39 is 0 Å². The summed E-state index contributed by atoms with van der Waals surface area (Å²) in [4.78, 5) is 2.38. The Morgan fingerprint density at radius 2 is 2.26 bits per heavy atom. The average Bonchev–Trinajstić information content (AvgIpc) is 2.33. The van der Waals surface area contributed by atoms with Crippen molar-refractivity contribution in [2.24, 2.45) is 5.73 Å². The third-order valence-corrected chi connectivity index (χ3v) is 3.49. The number of hydrogen-bond acceptors (Lipinski definition) is 3. The van der Waals surface area contributed by atoms with Crippen molar-refractivity contribution >= 4 is 24.0 Å². The molecule has 0 radical (unpaired) electrons. The lowest BCUT2D eigenvalue weighted by Crippen LogP contribution is -2.42. The van der Waals surface area contributed by atoms with Gasteiger partial charge in [0.25, 0.3) is 0 Å². The first-order valence-corrected chi connectivity index (χ1v) is 6.96. The number of ether oxygens (including phenoxy) is 1. The number of piperidine rings is 1. The van der Waals surface area contributed by atoms with Crippen LogP contribution in [0, 0.1) is 0 Å². The maximum absolute atomic E-state index is 6.06. The third-order valence-electron chi connectivity index (χ3n) is 3.26. The van der Waals surface area contributed by atoms with E-state index in [9.17, 15) is 0 Å². The van der Waals surface area contributed by atoms with Crippen molar-refractivity contribution in [2.45, 2.75) is 32.4 Å². The first-order valence-electron chi connectivity index (χ1n) is 6.58. The van der Waals surface area contributed by atoms with E-state index >= 15 is 0 Å². The van der Waals surface area contributed by atoms with Gasteiger partial charge in [-0.1, -0.05) is 11.6 Å². The second-order valence-corrected chi connectivity index (χ2v) is 5.26. The molecular formula is C14H22Cl2N2O. The van der Waals surface area contributed by atoms with Crippen molar-refractivity contribution < 1.29 is 4.74 Å². The van der Waals surface area contributed by atoms with Crippen LogP contribution in [0.3, 0.4) is 0 Å². The molecule has 0 unspecified atom stereocenters. The van der Waals surface area contributed by atoms with Crippen molar-refractivity contribution in [3.63, 3.8) is 0 Å². The molecule has 0 aromatic heterocycles. The molecule has 1 aromatic carbocycles. The maximum atomic E-state index is 6.06. The summed E-state index contributed by atoms with van der Waals surface area (Å²) >= 11 is 6.06. The Kier molecular flexibility index (Phi) is 6.94. The van der Waals surface area contributed by atoms with E-state index in [4.69, 9.17) is 22.1 Å². The molecule has 2 N–H and O–H groups in total. The van der Waals surface area contributed by atoms with Gasteiger partial charge in [0.1, 0.15) is 5.75 Å². The van der Waals surface area contributed by atoms with Gasteiger partial charge in [0.15, 0.2) is 0 Å². The predicted molar refractivity (Wildman–Crippen MR) is 82.4 cm³/mol. The normalized spacial score (nSPS) is 19.8. The Labute approximate surface area is 126 Å². The fraction of sp³-hybridized carbons (Fsp3) is 0.571. The molecule has 0 spiro atoms. The summed E-state index contributed by atoms with van der Waals surface area (Å²) in [6, 6.07) is 6.11. The van der Waals surface area contributed by atoms with Crippen molar-refractivity contribution in [1.82, 2.24) is 4.90 Å². The average molecular weight is 305 g/mol. The molecule has 0 amide bonds. The summed E-state index contributed by atoms with van der Waals surface area (Å²) < 4.78 is 5.64. The van der Waals surface area contributed by atoms with E-state index in [1.54, 1.807) is 0 Å². The summed E-state index contributed by atoms with van der Waals surface area (Å²) in [5.41, 5.74) is 7.16. The standard InChI is InChI=1S/C14H21ClN2O.ClH/c1-2-18-14-6-5-12(15)8-11(14)9-17-7-3-4-13(16)10-17;/h5-6,8,13H,2-4,7,9-10,16H2,1H3;1H/t13-;/m1./s1. The Hall–Kier alpha value is -0.480. The highest BCUT2D eigenvalue weighted by Crippen LogP contribution is 2.25. The van der Waals surface area contributed by atoms with Crippen LogP contribution in [0.4, 0.5) is 0 Å². The molecule has 0 bridgehead atoms. The van der Waals surface area contributed by atoms with Crippen LogP contribution in [0.15, 0.2) is 18.2 Å². The molecule has 5 heteroatoms. The Morgan fingerprint density at radius 3 is 2.95 bits per heavy atom. The summed E-state index contributed by atoms with van der Waals surface area (Å²) in [5, 5.41) is 0.759. The predicted octanol–water partition coefficient (Wildman–Crippen LogP) is 3.08. The lowest BCUT2D eigenvalue weighted by atomic mass is 10.1. The summed E-state index contributed by atoms with van der Waals surface area (Å²) in [6.45, 7) is 5.59. The van der Waals surface area contributed by atoms with Gasteiger partial charge < -0.3 is 10.5 Å². The lowest BCUT2D eigenvalue weighted by Gasteiger charge is -2.31. The Balaban J connectivity index is 0.00000180. The summed E-state index contributed by atoms with van der Waals surface area (Å²) in [7, 11) is 0. The van der Waals surface area contributed by atoms with E-state index in [1.165, 1.54) is 6.42 Å². The number of rotatable bonds is 4. The fourth-order valence-corrected chi connectivity index (χ4v) is 2.64. The van der Waals surface area contributed by atoms with Crippen LogP contribution in [-0.4, -0.2) is 30.6 Å². The molecule has 1 heterocycles. The molecule has 1 atom stereocenters. The zero-order valence-electron chi connectivity index (χ0n) is 11.3. The van der Waals surface area contributed by atoms with Crippen molar-refractivity contribution in [3.05, 3.63) is 28.8 Å². The minimum atomic E-state index is 0. The van der Waals surface area contributed by atoms with Crippen LogP contribution in [0.2, 0.25) is 5.02 Å². The number of halogens is 2. The van der Waals surface area contributed by atoms with E-state index in [1.807, 2.05) is 25.1 Å². The highest BCUT2D eigenvalue weighted by molar-refractivity contribution is 6.30. The molecule has 0 aliphatic carbocycles. The number of benzene rings is 1. The first-order chi connectivity index (χ1) is 8.69. The molecule has 1 aromatic rings. The second-order valence-electron chi connectivity index (χ2n) is 4.82. The highest BCUT2D eigenvalue weighted by atomic mass is 35.5. The van der Waals surface area contributed by atoms with Gasteiger partial charge in [-0.2, -0.15) is 0 Å². The Bertz CT molecular complexity index is 401. The van der Waals surface area contributed by atoms with Crippen LogP contribution >= 0.6 is 24.0 Å². The molecule has 1 aliphatic heterocycles. The van der Waals surface area contributed by atoms with E-state index in [0.29, 0.717) is 12.6 Å². The van der Waals surface area contributed by atoms with Gasteiger partial charge in [-0.3, -0.25) is 4.90 Å². The van der Waals surface area contributed by atoms with Crippen LogP contribution in [0.1, 0.15) is 25.3 Å². The molecule has 3 nitrogen and oxygen atoms in total. The summed E-state index contributed by atoms with van der Waals surface area (Å²) in [6.07, 6.45) is 2.30. The number of hydrogen-bond donors (Lipinski definition) is 1. The maximum Gasteiger partial charge on any atom is 0.123 e. The monoisotopic (exact) mass is 304 g/mol. The van der Waals surface area contributed by atoms with Crippen molar-refractivity contribution in [3.8, 4) is 5.75 Å². The highest BCUT2D eigenvalue weighted by Gasteiger charge is 2.18. The smallest absolute Gasteiger partial charge is 0.123 e. The minimum absolute atomic E-state index is 0. The SMILES string of the molecule is CCOc1ccc(Cl)cc1CN1CCC[C@@H](N)C1.Cl. The minimum Gasteiger partial charge on any atom is -0.494 e. The van der Waals surface area contributed by atoms with Crippen LogP contribution in [0.25, 0.3) is 0 Å². The number of likely N-dealkylation sites (tertiary alicyclic amines) is 1. The quantitative estimate of drug-likeness (QED) is 0.929. The second kappa shape index (κ2) is 7.95. The third kappa shape index (κ3) is 4.84. The van der Waals surface area contributed by atoms with Gasteiger partial charge in [-0.25, -0.2) is 0 Å². The largest absolute Gasteiger partial charge is 0.494 e. The van der Waals surface area contributed by atoms with Crippen LogP contribution in [0.5, 0.6) is 5.75 Å².